The van der Waals surface area contributed by atoms with Gasteiger partial charge in [0.05, 0.1) is 11.5 Å². The molecule has 0 saturated carbocycles. The molecule has 0 atom stereocenters. The fraction of sp³-hybridized carbons (Fsp3) is 0.148. The molecule has 0 spiro atoms. The summed E-state index contributed by atoms with van der Waals surface area (Å²) < 4.78 is 33.5. The molecule has 1 heterocycles. The van der Waals surface area contributed by atoms with Gasteiger partial charge in [0.15, 0.2) is 0 Å². The molecule has 8 nitrogen and oxygen atoms in total. The van der Waals surface area contributed by atoms with E-state index in [1.54, 1.807) is 55.9 Å². The molecule has 0 saturated heterocycles. The normalized spacial score (nSPS) is 11.1. The first-order valence-electron chi connectivity index (χ1n) is 11.5. The van der Waals surface area contributed by atoms with Crippen LogP contribution in [0.2, 0.25) is 0 Å². The Morgan fingerprint density at radius 3 is 2.19 bits per heavy atom. The summed E-state index contributed by atoms with van der Waals surface area (Å²) in [5, 5.41) is 2.77. The maximum Gasteiger partial charge on any atom is 0.264 e. The molecule has 10 heteroatoms. The number of hydrogen-bond acceptors (Lipinski definition) is 7. The summed E-state index contributed by atoms with van der Waals surface area (Å²) in [6.07, 6.45) is 0. The predicted molar refractivity (Wildman–Crippen MR) is 146 cm³/mol. The third-order valence-electron chi connectivity index (χ3n) is 5.11. The number of amides is 1. The Balaban J connectivity index is 1.29. The van der Waals surface area contributed by atoms with Crippen LogP contribution in [0.1, 0.15) is 21.7 Å². The number of nitrogens with one attached hydrogen (secondary N) is 2. The number of carbonyl (C=O) groups excluding carboxylic acids is 1. The molecule has 3 aromatic carbocycles. The quantitative estimate of drug-likeness (QED) is 0.209. The molecule has 4 aromatic rings. The second kappa shape index (κ2) is 11.9. The fourth-order valence-electron chi connectivity index (χ4n) is 3.41. The van der Waals surface area contributed by atoms with E-state index in [2.05, 4.69) is 32.1 Å². The van der Waals surface area contributed by atoms with E-state index >= 15 is 0 Å². The molecule has 4 rings (SSSR count). The summed E-state index contributed by atoms with van der Waals surface area (Å²) in [7, 11) is -3.88. The first-order chi connectivity index (χ1) is 17.8. The predicted octanol–water partition coefficient (Wildman–Crippen LogP) is 5.32. The van der Waals surface area contributed by atoms with Crippen LogP contribution >= 0.6 is 11.8 Å². The second-order valence-corrected chi connectivity index (χ2v) is 10.9. The van der Waals surface area contributed by atoms with Crippen LogP contribution in [0.5, 0.6) is 5.75 Å². The lowest BCUT2D eigenvalue weighted by atomic mass is 10.2. The molecule has 0 fully saturated rings. The van der Waals surface area contributed by atoms with Crippen LogP contribution in [0.25, 0.3) is 0 Å². The number of ether oxygens (including phenoxy) is 1. The molecule has 1 amide bonds. The molecule has 0 aliphatic heterocycles. The zero-order valence-electron chi connectivity index (χ0n) is 20.3. The lowest BCUT2D eigenvalue weighted by molar-refractivity contribution is 0.102. The number of benzene rings is 3. The Morgan fingerprint density at radius 2 is 1.54 bits per heavy atom. The van der Waals surface area contributed by atoms with Crippen molar-refractivity contribution in [2.45, 2.75) is 23.6 Å². The van der Waals surface area contributed by atoms with E-state index in [9.17, 15) is 13.2 Å². The molecule has 190 valence electrons. The minimum Gasteiger partial charge on any atom is -0.493 e. The van der Waals surface area contributed by atoms with Crippen LogP contribution in [-0.4, -0.2) is 36.7 Å². The number of nitrogens with zero attached hydrogens (tertiary/aromatic N) is 2. The van der Waals surface area contributed by atoms with Gasteiger partial charge in [0, 0.05) is 33.3 Å². The summed E-state index contributed by atoms with van der Waals surface area (Å²) in [6, 6.07) is 24.6. The molecular weight excluding hydrogens is 508 g/mol. The first kappa shape index (κ1) is 26.2. The van der Waals surface area contributed by atoms with Gasteiger partial charge in [0.1, 0.15) is 5.75 Å². The van der Waals surface area contributed by atoms with E-state index in [-0.39, 0.29) is 16.8 Å². The van der Waals surface area contributed by atoms with Crippen LogP contribution in [0, 0.1) is 13.8 Å². The molecule has 0 aliphatic carbocycles. The average Bonchev–Trinajstić information content (AvgIpc) is 2.87. The van der Waals surface area contributed by atoms with Gasteiger partial charge in [0.2, 0.25) is 5.95 Å². The van der Waals surface area contributed by atoms with Crippen LogP contribution < -0.4 is 14.8 Å². The smallest absolute Gasteiger partial charge is 0.264 e. The first-order valence-corrected chi connectivity index (χ1v) is 13.9. The highest BCUT2D eigenvalue weighted by Crippen LogP contribution is 2.20. The minimum atomic E-state index is -3.88. The fourth-order valence-corrected chi connectivity index (χ4v) is 5.11. The second-order valence-electron chi connectivity index (χ2n) is 8.09. The Kier molecular flexibility index (Phi) is 8.42. The van der Waals surface area contributed by atoms with E-state index in [1.807, 2.05) is 18.2 Å². The Morgan fingerprint density at radius 1 is 0.892 bits per heavy atom. The van der Waals surface area contributed by atoms with Gasteiger partial charge in [-0.3, -0.25) is 4.79 Å². The summed E-state index contributed by atoms with van der Waals surface area (Å²) in [5.41, 5.74) is 2.23. The zero-order chi connectivity index (χ0) is 26.3. The minimum absolute atomic E-state index is 0.0113. The van der Waals surface area contributed by atoms with Crippen LogP contribution in [0.15, 0.2) is 94.7 Å². The van der Waals surface area contributed by atoms with Crippen LogP contribution in [-0.2, 0) is 10.0 Å². The van der Waals surface area contributed by atoms with E-state index in [1.165, 1.54) is 29.2 Å². The van der Waals surface area contributed by atoms with Crippen molar-refractivity contribution < 1.29 is 17.9 Å². The molecule has 0 radical (unpaired) electrons. The lowest BCUT2D eigenvalue weighted by Gasteiger charge is -2.10. The molecule has 0 unspecified atom stereocenters. The van der Waals surface area contributed by atoms with Gasteiger partial charge in [-0.1, -0.05) is 18.2 Å². The van der Waals surface area contributed by atoms with Crippen molar-refractivity contribution in [3.05, 3.63) is 102 Å². The van der Waals surface area contributed by atoms with Gasteiger partial charge < -0.3 is 10.1 Å². The summed E-state index contributed by atoms with van der Waals surface area (Å²) in [4.78, 5) is 22.1. The van der Waals surface area contributed by atoms with E-state index in [4.69, 9.17) is 4.74 Å². The van der Waals surface area contributed by atoms with E-state index < -0.39 is 10.0 Å². The van der Waals surface area contributed by atoms with Gasteiger partial charge in [-0.05, 0) is 80.6 Å². The van der Waals surface area contributed by atoms with Crippen molar-refractivity contribution >= 4 is 39.3 Å². The molecule has 1 aromatic heterocycles. The zero-order valence-corrected chi connectivity index (χ0v) is 22.0. The number of anilines is 2. The van der Waals surface area contributed by atoms with Crippen LogP contribution in [0.3, 0.4) is 0 Å². The third-order valence-corrected chi connectivity index (χ3v) is 7.43. The van der Waals surface area contributed by atoms with Gasteiger partial charge in [-0.2, -0.15) is 0 Å². The van der Waals surface area contributed by atoms with Crippen molar-refractivity contribution in [2.75, 3.05) is 22.4 Å². The number of thioether (sulfide) groups is 1. The van der Waals surface area contributed by atoms with Crippen LogP contribution in [0.4, 0.5) is 11.6 Å². The highest BCUT2D eigenvalue weighted by atomic mass is 32.2. The van der Waals surface area contributed by atoms with Crippen molar-refractivity contribution in [3.63, 3.8) is 0 Å². The number of rotatable bonds is 10. The summed E-state index contributed by atoms with van der Waals surface area (Å²) in [6.45, 7) is 4.07. The SMILES string of the molecule is Cc1cc(C)nc(NS(=O)(=O)c2ccc(NC(=O)c3ccc(OCCSc4ccccc4)cc3)cc2)n1. The number of hydrogen-bond donors (Lipinski definition) is 2. The molecule has 0 bridgehead atoms. The highest BCUT2D eigenvalue weighted by Gasteiger charge is 2.16. The van der Waals surface area contributed by atoms with Gasteiger partial charge in [0.25, 0.3) is 15.9 Å². The number of aryl methyl sites for hydroxylation is 2. The van der Waals surface area contributed by atoms with E-state index in [0.29, 0.717) is 35.0 Å². The Labute approximate surface area is 220 Å². The van der Waals surface area contributed by atoms with Crippen molar-refractivity contribution in [1.82, 2.24) is 9.97 Å². The maximum absolute atomic E-state index is 12.7. The summed E-state index contributed by atoms with van der Waals surface area (Å²) in [5.74, 6) is 1.19. The largest absolute Gasteiger partial charge is 0.493 e. The highest BCUT2D eigenvalue weighted by molar-refractivity contribution is 7.99. The maximum atomic E-state index is 12.7. The van der Waals surface area contributed by atoms with E-state index in [0.717, 1.165) is 5.75 Å². The molecule has 37 heavy (non-hydrogen) atoms. The molecule has 2 N–H and O–H groups in total. The van der Waals surface area contributed by atoms with Crippen molar-refractivity contribution in [3.8, 4) is 5.75 Å². The lowest BCUT2D eigenvalue weighted by Crippen LogP contribution is -2.16. The van der Waals surface area contributed by atoms with Crippen molar-refractivity contribution in [1.29, 1.82) is 0 Å². The average molecular weight is 535 g/mol. The Hall–Kier alpha value is -3.89. The Bertz CT molecular complexity index is 1440. The summed E-state index contributed by atoms with van der Waals surface area (Å²) >= 11 is 1.72. The van der Waals surface area contributed by atoms with Gasteiger partial charge >= 0.3 is 0 Å². The molecule has 0 aliphatic rings. The number of aromatic nitrogens is 2. The monoisotopic (exact) mass is 534 g/mol. The van der Waals surface area contributed by atoms with Crippen molar-refractivity contribution in [2.24, 2.45) is 0 Å². The van der Waals surface area contributed by atoms with Gasteiger partial charge in [-0.25, -0.2) is 23.1 Å². The topological polar surface area (TPSA) is 110 Å². The molecular formula is C27H26N4O4S2. The number of carbonyl (C=O) groups is 1. The third kappa shape index (κ3) is 7.55. The standard InChI is InChI=1S/C27H26N4O4S2/c1-19-18-20(2)29-27(28-19)31-37(33,34)25-14-10-22(11-15-25)30-26(32)21-8-12-23(13-9-21)35-16-17-36-24-6-4-3-5-7-24/h3-15,18H,16-17H2,1-2H3,(H,30,32)(H,28,29,31). The number of sulfonamides is 1. The van der Waals surface area contributed by atoms with Gasteiger partial charge in [-0.15, -0.1) is 11.8 Å².